The van der Waals surface area contributed by atoms with Gasteiger partial charge in [0, 0.05) is 16.4 Å². The van der Waals surface area contributed by atoms with Gasteiger partial charge in [-0.25, -0.2) is 8.42 Å². The molecule has 168 valence electrons. The highest BCUT2D eigenvalue weighted by Gasteiger charge is 2.33. The molecule has 0 spiro atoms. The van der Waals surface area contributed by atoms with Crippen molar-refractivity contribution in [3.63, 3.8) is 0 Å². The van der Waals surface area contributed by atoms with Crippen molar-refractivity contribution >= 4 is 50.5 Å². The summed E-state index contributed by atoms with van der Waals surface area (Å²) in [6.07, 6.45) is -4.64. The van der Waals surface area contributed by atoms with Gasteiger partial charge in [-0.05, 0) is 60.2 Å². The van der Waals surface area contributed by atoms with Crippen LogP contribution in [-0.4, -0.2) is 14.3 Å². The molecule has 0 saturated carbocycles. The highest BCUT2D eigenvalue weighted by Crippen LogP contribution is 2.36. The first-order valence-corrected chi connectivity index (χ1v) is 11.2. The first-order valence-electron chi connectivity index (χ1n) is 8.98. The molecule has 0 aliphatic heterocycles. The van der Waals surface area contributed by atoms with E-state index in [9.17, 15) is 26.4 Å². The Morgan fingerprint density at radius 2 is 1.47 bits per heavy atom. The number of anilines is 2. The summed E-state index contributed by atoms with van der Waals surface area (Å²) in [5.41, 5.74) is -0.342. The Bertz CT molecular complexity index is 1230. The predicted octanol–water partition coefficient (Wildman–Crippen LogP) is 5.99. The first kappa shape index (κ1) is 23.9. The Balaban J connectivity index is 1.69. The van der Waals surface area contributed by atoms with Gasteiger partial charge in [-0.15, -0.1) is 0 Å². The number of amides is 1. The van der Waals surface area contributed by atoms with Gasteiger partial charge < -0.3 is 5.32 Å². The summed E-state index contributed by atoms with van der Waals surface area (Å²) in [5.74, 6) is -0.318. The standard InChI is InChI=1S/C21H15Cl2F3N2O3S/c22-14-3-1-13(2-4-14)11-20(29)27-15-5-8-17(9-6-15)32(30,31)28-16-7-10-19(23)18(12-16)21(24,25)26/h1-10,12,28H,11H2,(H,27,29). The molecule has 0 aliphatic rings. The van der Waals surface area contributed by atoms with E-state index in [1.54, 1.807) is 24.3 Å². The number of benzene rings is 3. The number of hydrogen-bond donors (Lipinski definition) is 2. The third-order valence-electron chi connectivity index (χ3n) is 4.25. The van der Waals surface area contributed by atoms with Gasteiger partial charge in [0.25, 0.3) is 10.0 Å². The molecule has 11 heteroatoms. The summed E-state index contributed by atoms with van der Waals surface area (Å²) >= 11 is 11.4. The maximum Gasteiger partial charge on any atom is 0.417 e. The highest BCUT2D eigenvalue weighted by atomic mass is 35.5. The van der Waals surface area contributed by atoms with Crippen molar-refractivity contribution in [1.29, 1.82) is 0 Å². The van der Waals surface area contributed by atoms with Gasteiger partial charge in [-0.1, -0.05) is 35.3 Å². The molecule has 2 N–H and O–H groups in total. The van der Waals surface area contributed by atoms with E-state index in [0.29, 0.717) is 16.8 Å². The lowest BCUT2D eigenvalue weighted by molar-refractivity contribution is -0.137. The van der Waals surface area contributed by atoms with Crippen LogP contribution < -0.4 is 10.0 Å². The molecule has 0 aliphatic carbocycles. The first-order chi connectivity index (χ1) is 14.9. The van der Waals surface area contributed by atoms with E-state index in [1.165, 1.54) is 24.3 Å². The normalized spacial score (nSPS) is 11.8. The molecule has 0 saturated heterocycles. The van der Waals surface area contributed by atoms with Crippen LogP contribution >= 0.6 is 23.2 Å². The second kappa shape index (κ2) is 9.40. The van der Waals surface area contributed by atoms with Crippen LogP contribution in [0.2, 0.25) is 10.0 Å². The van der Waals surface area contributed by atoms with E-state index in [0.717, 1.165) is 17.7 Å². The molecule has 0 radical (unpaired) electrons. The van der Waals surface area contributed by atoms with Gasteiger partial charge in [0.15, 0.2) is 0 Å². The molecule has 0 heterocycles. The van der Waals surface area contributed by atoms with E-state index in [2.05, 4.69) is 10.0 Å². The number of nitrogens with one attached hydrogen (secondary N) is 2. The van der Waals surface area contributed by atoms with E-state index < -0.39 is 26.8 Å². The van der Waals surface area contributed by atoms with Crippen molar-refractivity contribution in [2.24, 2.45) is 0 Å². The lowest BCUT2D eigenvalue weighted by atomic mass is 10.1. The Morgan fingerprint density at radius 1 is 0.875 bits per heavy atom. The highest BCUT2D eigenvalue weighted by molar-refractivity contribution is 7.92. The lowest BCUT2D eigenvalue weighted by Gasteiger charge is -2.13. The summed E-state index contributed by atoms with van der Waals surface area (Å²) < 4.78 is 66.1. The third kappa shape index (κ3) is 6.15. The van der Waals surface area contributed by atoms with E-state index in [-0.39, 0.29) is 22.9 Å². The van der Waals surface area contributed by atoms with Gasteiger partial charge in [-0.2, -0.15) is 13.2 Å². The summed E-state index contributed by atoms with van der Waals surface area (Å²) in [7, 11) is -4.17. The minimum atomic E-state index is -4.73. The van der Waals surface area contributed by atoms with Gasteiger partial charge in [0.2, 0.25) is 5.91 Å². The van der Waals surface area contributed by atoms with Crippen LogP contribution in [0.4, 0.5) is 24.5 Å². The molecule has 5 nitrogen and oxygen atoms in total. The van der Waals surface area contributed by atoms with E-state index in [4.69, 9.17) is 23.2 Å². The van der Waals surface area contributed by atoms with E-state index in [1.807, 2.05) is 0 Å². The number of sulfonamides is 1. The fraction of sp³-hybridized carbons (Fsp3) is 0.0952. The van der Waals surface area contributed by atoms with Gasteiger partial charge in [-0.3, -0.25) is 9.52 Å². The fourth-order valence-corrected chi connectivity index (χ4v) is 4.13. The molecular weight excluding hydrogens is 488 g/mol. The smallest absolute Gasteiger partial charge is 0.326 e. The monoisotopic (exact) mass is 502 g/mol. The Labute approximate surface area is 192 Å². The molecule has 1 amide bonds. The zero-order valence-corrected chi connectivity index (χ0v) is 18.4. The maximum atomic E-state index is 13.0. The number of hydrogen-bond acceptors (Lipinski definition) is 3. The summed E-state index contributed by atoms with van der Waals surface area (Å²) in [6, 6.07) is 14.6. The number of alkyl halides is 3. The van der Waals surface area contributed by atoms with Crippen molar-refractivity contribution in [3.05, 3.63) is 87.9 Å². The van der Waals surface area contributed by atoms with Crippen LogP contribution in [0.25, 0.3) is 0 Å². The second-order valence-electron chi connectivity index (χ2n) is 6.67. The topological polar surface area (TPSA) is 75.3 Å². The number of carbonyl (C=O) groups is 1. The largest absolute Gasteiger partial charge is 0.417 e. The fourth-order valence-electron chi connectivity index (χ4n) is 2.73. The molecular formula is C21H15Cl2F3N2O3S. The van der Waals surface area contributed by atoms with Gasteiger partial charge in [0.1, 0.15) is 0 Å². The Hall–Kier alpha value is -2.75. The number of carbonyl (C=O) groups excluding carboxylic acids is 1. The second-order valence-corrected chi connectivity index (χ2v) is 9.20. The van der Waals surface area contributed by atoms with Crippen LogP contribution in [0.15, 0.2) is 71.6 Å². The third-order valence-corrected chi connectivity index (χ3v) is 6.23. The molecule has 0 bridgehead atoms. The van der Waals surface area contributed by atoms with Crippen molar-refractivity contribution in [3.8, 4) is 0 Å². The van der Waals surface area contributed by atoms with Crippen molar-refractivity contribution < 1.29 is 26.4 Å². The van der Waals surface area contributed by atoms with Crippen LogP contribution in [0.5, 0.6) is 0 Å². The maximum absolute atomic E-state index is 13.0. The van der Waals surface area contributed by atoms with Crippen LogP contribution in [-0.2, 0) is 27.4 Å². The summed E-state index contributed by atoms with van der Waals surface area (Å²) in [5, 5.41) is 2.64. The zero-order valence-electron chi connectivity index (χ0n) is 16.1. The van der Waals surface area contributed by atoms with Crippen LogP contribution in [0, 0.1) is 0 Å². The minimum Gasteiger partial charge on any atom is -0.326 e. The minimum absolute atomic E-state index is 0.0941. The van der Waals surface area contributed by atoms with E-state index >= 15 is 0 Å². The molecule has 3 rings (SSSR count). The zero-order chi connectivity index (χ0) is 23.5. The quantitative estimate of drug-likeness (QED) is 0.434. The van der Waals surface area contributed by atoms with Crippen molar-refractivity contribution in [2.75, 3.05) is 10.0 Å². The molecule has 0 unspecified atom stereocenters. The number of halogens is 5. The molecule has 0 aromatic heterocycles. The average molecular weight is 503 g/mol. The average Bonchev–Trinajstić information content (AvgIpc) is 2.70. The van der Waals surface area contributed by atoms with Crippen molar-refractivity contribution in [2.45, 2.75) is 17.5 Å². The van der Waals surface area contributed by atoms with Crippen LogP contribution in [0.1, 0.15) is 11.1 Å². The summed E-state index contributed by atoms with van der Waals surface area (Å²) in [4.78, 5) is 12.0. The Morgan fingerprint density at radius 3 is 2.06 bits per heavy atom. The lowest BCUT2D eigenvalue weighted by Crippen LogP contribution is -2.16. The Kier molecular flexibility index (Phi) is 7.02. The predicted molar refractivity (Wildman–Crippen MR) is 117 cm³/mol. The summed E-state index contributed by atoms with van der Waals surface area (Å²) in [6.45, 7) is 0. The van der Waals surface area contributed by atoms with Crippen molar-refractivity contribution in [1.82, 2.24) is 0 Å². The molecule has 3 aromatic rings. The molecule has 32 heavy (non-hydrogen) atoms. The molecule has 0 atom stereocenters. The van der Waals surface area contributed by atoms with Gasteiger partial charge in [0.05, 0.1) is 21.9 Å². The van der Waals surface area contributed by atoms with Gasteiger partial charge >= 0.3 is 6.18 Å². The van der Waals surface area contributed by atoms with Crippen LogP contribution in [0.3, 0.4) is 0 Å². The number of rotatable bonds is 6. The SMILES string of the molecule is O=C(Cc1ccc(Cl)cc1)Nc1ccc(S(=O)(=O)Nc2ccc(Cl)c(C(F)(F)F)c2)cc1. The molecule has 3 aromatic carbocycles. The molecule has 0 fully saturated rings.